The molecular weight excluding hydrogens is 444 g/mol. The van der Waals surface area contributed by atoms with Crippen molar-refractivity contribution in [2.75, 3.05) is 19.8 Å². The van der Waals surface area contributed by atoms with Crippen LogP contribution in [0.5, 0.6) is 11.5 Å². The predicted octanol–water partition coefficient (Wildman–Crippen LogP) is 7.68. The molecule has 0 fully saturated rings. The summed E-state index contributed by atoms with van der Waals surface area (Å²) in [5.41, 5.74) is 1.01. The molecule has 158 valence electrons. The molecule has 0 amide bonds. The Bertz CT molecular complexity index is 636. The Kier molecular flexibility index (Phi) is 12.8. The molecule has 8 heteroatoms. The van der Waals surface area contributed by atoms with Crippen molar-refractivity contribution in [3.8, 4) is 11.5 Å². The number of hydrogen-bond donors (Lipinski definition) is 0. The maximum atomic E-state index is 6.24. The first-order valence-electron chi connectivity index (χ1n) is 9.23. The fraction of sp³-hybridized carbons (Fsp3) is 0.550. The molecule has 0 N–H and O–H groups in total. The molecule has 0 bridgehead atoms. The number of ether oxygens (including phenoxy) is 2. The number of halogens is 4. The Morgan fingerprint density at radius 3 is 2.18 bits per heavy atom. The van der Waals surface area contributed by atoms with Crippen LogP contribution >= 0.6 is 46.4 Å². The summed E-state index contributed by atoms with van der Waals surface area (Å²) >= 11 is 23.5. The topological polar surface area (TPSA) is 40.0 Å². The molecule has 0 heterocycles. The minimum absolute atomic E-state index is 0.141. The molecule has 1 aromatic carbocycles. The highest BCUT2D eigenvalue weighted by atomic mass is 35.5. The third kappa shape index (κ3) is 10.7. The summed E-state index contributed by atoms with van der Waals surface area (Å²) < 4.78 is 11.3. The van der Waals surface area contributed by atoms with Crippen LogP contribution in [0.15, 0.2) is 27.9 Å². The van der Waals surface area contributed by atoms with Crippen LogP contribution < -0.4 is 9.47 Å². The van der Waals surface area contributed by atoms with Crippen LogP contribution in [0.25, 0.3) is 0 Å². The fourth-order valence-corrected chi connectivity index (χ4v) is 2.71. The zero-order valence-corrected chi connectivity index (χ0v) is 19.5. The molecule has 1 aromatic rings. The molecule has 1 rings (SSSR count). The van der Waals surface area contributed by atoms with Crippen molar-refractivity contribution in [1.29, 1.82) is 0 Å². The van der Waals surface area contributed by atoms with Gasteiger partial charge in [0.05, 0.1) is 22.4 Å². The number of nitrogens with zero attached hydrogens (tertiary/aromatic N) is 1. The van der Waals surface area contributed by atoms with Gasteiger partial charge in [-0.15, -0.1) is 0 Å². The van der Waals surface area contributed by atoms with Crippen LogP contribution in [-0.4, -0.2) is 25.5 Å². The van der Waals surface area contributed by atoms with E-state index in [1.807, 2.05) is 6.92 Å². The summed E-state index contributed by atoms with van der Waals surface area (Å²) in [6, 6.07) is 3.30. The zero-order valence-electron chi connectivity index (χ0n) is 16.4. The van der Waals surface area contributed by atoms with Crippen molar-refractivity contribution in [2.24, 2.45) is 11.1 Å². The maximum absolute atomic E-state index is 6.24. The average Bonchev–Trinajstić information content (AvgIpc) is 2.61. The third-order valence-electron chi connectivity index (χ3n) is 3.88. The lowest BCUT2D eigenvalue weighted by atomic mass is 10.1. The van der Waals surface area contributed by atoms with Gasteiger partial charge in [0.25, 0.3) is 0 Å². The van der Waals surface area contributed by atoms with Crippen molar-refractivity contribution in [2.45, 2.75) is 46.5 Å². The van der Waals surface area contributed by atoms with E-state index in [-0.39, 0.29) is 11.1 Å². The maximum Gasteiger partial charge on any atom is 0.156 e. The van der Waals surface area contributed by atoms with Crippen molar-refractivity contribution >= 4 is 52.1 Å². The zero-order chi connectivity index (χ0) is 20.9. The number of unbranched alkanes of at least 4 members (excludes halogenated alkanes) is 3. The molecule has 0 radical (unpaired) electrons. The van der Waals surface area contributed by atoms with Crippen molar-refractivity contribution in [3.05, 3.63) is 32.7 Å². The molecule has 0 saturated carbocycles. The second kappa shape index (κ2) is 14.2. The van der Waals surface area contributed by atoms with Gasteiger partial charge in [0, 0.05) is 12.1 Å². The van der Waals surface area contributed by atoms with Gasteiger partial charge in [-0.2, -0.15) is 0 Å². The normalized spacial score (nSPS) is 11.5. The molecular formula is C20H27Cl4NO3. The van der Waals surface area contributed by atoms with Gasteiger partial charge in [0.15, 0.2) is 5.75 Å². The van der Waals surface area contributed by atoms with E-state index in [0.29, 0.717) is 40.7 Å². The van der Waals surface area contributed by atoms with Crippen molar-refractivity contribution in [3.63, 3.8) is 0 Å². The van der Waals surface area contributed by atoms with Crippen LogP contribution in [0.2, 0.25) is 10.0 Å². The van der Waals surface area contributed by atoms with E-state index in [1.54, 1.807) is 12.1 Å². The summed E-state index contributed by atoms with van der Waals surface area (Å²) in [4.78, 5) is 5.31. The Morgan fingerprint density at radius 2 is 1.61 bits per heavy atom. The van der Waals surface area contributed by atoms with Crippen LogP contribution in [0, 0.1) is 5.92 Å². The summed E-state index contributed by atoms with van der Waals surface area (Å²) in [6.07, 6.45) is 5.46. The molecule has 0 saturated heterocycles. The van der Waals surface area contributed by atoms with E-state index in [9.17, 15) is 0 Å². The Morgan fingerprint density at radius 1 is 1.00 bits per heavy atom. The standard InChI is InChI=1S/C20H27Cl4NO3/c1-14(2)15(3)25-28-10-7-5-4-6-9-27-20-17(21)12-16(13-18(20)22)26-11-8-19(23)24/h8,12-14H,4-7,9-11H2,1-3H3. The Labute approximate surface area is 187 Å². The highest BCUT2D eigenvalue weighted by molar-refractivity contribution is 6.55. The first kappa shape index (κ1) is 25.2. The predicted molar refractivity (Wildman–Crippen MR) is 120 cm³/mol. The Balaban J connectivity index is 2.26. The lowest BCUT2D eigenvalue weighted by Crippen LogP contribution is -2.03. The molecule has 0 aliphatic carbocycles. The SMILES string of the molecule is CC(=NOCCCCCCOc1c(Cl)cc(OCC=C(Cl)Cl)cc1Cl)C(C)C. The number of rotatable bonds is 13. The highest BCUT2D eigenvalue weighted by Gasteiger charge is 2.10. The van der Waals surface area contributed by atoms with Crippen LogP contribution in [0.3, 0.4) is 0 Å². The lowest BCUT2D eigenvalue weighted by molar-refractivity contribution is 0.137. The van der Waals surface area contributed by atoms with E-state index in [2.05, 4.69) is 19.0 Å². The molecule has 4 nitrogen and oxygen atoms in total. The monoisotopic (exact) mass is 469 g/mol. The number of oxime groups is 1. The van der Waals surface area contributed by atoms with E-state index >= 15 is 0 Å². The van der Waals surface area contributed by atoms with Gasteiger partial charge in [0.1, 0.15) is 23.5 Å². The minimum Gasteiger partial charge on any atom is -0.490 e. The van der Waals surface area contributed by atoms with E-state index in [0.717, 1.165) is 31.4 Å². The smallest absolute Gasteiger partial charge is 0.156 e. The van der Waals surface area contributed by atoms with E-state index < -0.39 is 0 Å². The fourth-order valence-electron chi connectivity index (χ4n) is 2.01. The van der Waals surface area contributed by atoms with Crippen molar-refractivity contribution < 1.29 is 14.3 Å². The molecule has 0 aliphatic rings. The summed E-state index contributed by atoms with van der Waals surface area (Å²) in [6.45, 7) is 7.56. The van der Waals surface area contributed by atoms with Gasteiger partial charge in [-0.3, -0.25) is 0 Å². The van der Waals surface area contributed by atoms with Crippen LogP contribution in [0.1, 0.15) is 46.5 Å². The first-order valence-corrected chi connectivity index (χ1v) is 10.7. The van der Waals surface area contributed by atoms with Crippen LogP contribution in [-0.2, 0) is 4.84 Å². The molecule has 0 spiro atoms. The molecule has 0 aliphatic heterocycles. The van der Waals surface area contributed by atoms with Gasteiger partial charge in [-0.1, -0.05) is 65.4 Å². The average molecular weight is 471 g/mol. The van der Waals surface area contributed by atoms with E-state index in [1.165, 1.54) is 6.08 Å². The van der Waals surface area contributed by atoms with E-state index in [4.69, 9.17) is 60.7 Å². The van der Waals surface area contributed by atoms with Gasteiger partial charge in [-0.05, 0) is 44.6 Å². The lowest BCUT2D eigenvalue weighted by Gasteiger charge is -2.12. The second-order valence-electron chi connectivity index (χ2n) is 6.50. The second-order valence-corrected chi connectivity index (χ2v) is 8.33. The highest BCUT2D eigenvalue weighted by Crippen LogP contribution is 2.37. The number of hydrogen-bond acceptors (Lipinski definition) is 4. The number of benzene rings is 1. The summed E-state index contributed by atoms with van der Waals surface area (Å²) in [7, 11) is 0. The molecule has 0 unspecified atom stereocenters. The largest absolute Gasteiger partial charge is 0.490 e. The van der Waals surface area contributed by atoms with Gasteiger partial charge < -0.3 is 14.3 Å². The molecule has 28 heavy (non-hydrogen) atoms. The quantitative estimate of drug-likeness (QED) is 0.168. The summed E-state index contributed by atoms with van der Waals surface area (Å²) in [5, 5.41) is 4.88. The molecule has 0 aromatic heterocycles. The Hall–Kier alpha value is -0.810. The third-order valence-corrected chi connectivity index (χ3v) is 4.75. The van der Waals surface area contributed by atoms with Crippen molar-refractivity contribution in [1.82, 2.24) is 0 Å². The van der Waals surface area contributed by atoms with Gasteiger partial charge in [0.2, 0.25) is 0 Å². The molecule has 0 atom stereocenters. The first-order chi connectivity index (χ1) is 13.3. The van der Waals surface area contributed by atoms with Gasteiger partial charge in [-0.25, -0.2) is 0 Å². The minimum atomic E-state index is 0.141. The van der Waals surface area contributed by atoms with Crippen LogP contribution in [0.4, 0.5) is 0 Å². The van der Waals surface area contributed by atoms with Gasteiger partial charge >= 0.3 is 0 Å². The summed E-state index contributed by atoms with van der Waals surface area (Å²) in [5.74, 6) is 1.39.